The number of methoxy groups -OCH3 is 1. The molecule has 1 aromatic heterocycles. The normalized spacial score (nSPS) is 11.5. The predicted octanol–water partition coefficient (Wildman–Crippen LogP) is 3.79. The lowest BCUT2D eigenvalue weighted by atomic mass is 9.95. The standard InChI is InChI=1S/C25H26N2O4/c1-17-13-20(31-16-19-9-5-4-6-10-19)14-18(2)21(17)15-23(25(29)30-3)27-24(28)22-11-7-8-12-26-22/h4-14,23H,15-16H2,1-3H3,(H,27,28)/t23-/m0/s1. The number of pyridine rings is 1. The fourth-order valence-corrected chi connectivity index (χ4v) is 3.37. The second-order valence-corrected chi connectivity index (χ2v) is 7.28. The van der Waals surface area contributed by atoms with Crippen molar-refractivity contribution in [3.63, 3.8) is 0 Å². The third-order valence-corrected chi connectivity index (χ3v) is 5.01. The Bertz CT molecular complexity index is 1010. The zero-order valence-electron chi connectivity index (χ0n) is 17.9. The molecule has 2 aromatic carbocycles. The zero-order chi connectivity index (χ0) is 22.2. The molecule has 1 amide bonds. The predicted molar refractivity (Wildman–Crippen MR) is 118 cm³/mol. The summed E-state index contributed by atoms with van der Waals surface area (Å²) in [5, 5.41) is 2.74. The average Bonchev–Trinajstić information content (AvgIpc) is 2.79. The Morgan fingerprint density at radius 2 is 1.68 bits per heavy atom. The molecule has 1 atom stereocenters. The number of amides is 1. The van der Waals surface area contributed by atoms with Crippen LogP contribution in [0.15, 0.2) is 66.9 Å². The van der Waals surface area contributed by atoms with E-state index in [0.717, 1.165) is 28.0 Å². The van der Waals surface area contributed by atoms with Gasteiger partial charge < -0.3 is 14.8 Å². The topological polar surface area (TPSA) is 77.5 Å². The molecule has 0 fully saturated rings. The van der Waals surface area contributed by atoms with E-state index in [4.69, 9.17) is 9.47 Å². The summed E-state index contributed by atoms with van der Waals surface area (Å²) >= 11 is 0. The third kappa shape index (κ3) is 5.92. The number of nitrogens with one attached hydrogen (secondary N) is 1. The molecule has 0 aliphatic carbocycles. The Hall–Kier alpha value is -3.67. The van der Waals surface area contributed by atoms with Gasteiger partial charge in [0.1, 0.15) is 24.1 Å². The van der Waals surface area contributed by atoms with Crippen LogP contribution in [0, 0.1) is 13.8 Å². The van der Waals surface area contributed by atoms with Gasteiger partial charge in [0.25, 0.3) is 5.91 Å². The SMILES string of the molecule is COC(=O)[C@H](Cc1c(C)cc(OCc2ccccc2)cc1C)NC(=O)c1ccccn1. The van der Waals surface area contributed by atoms with E-state index < -0.39 is 17.9 Å². The van der Waals surface area contributed by atoms with E-state index in [1.807, 2.05) is 56.3 Å². The van der Waals surface area contributed by atoms with Gasteiger partial charge in [-0.3, -0.25) is 9.78 Å². The number of esters is 1. The molecule has 0 spiro atoms. The van der Waals surface area contributed by atoms with Crippen LogP contribution >= 0.6 is 0 Å². The molecule has 1 N–H and O–H groups in total. The molecule has 0 bridgehead atoms. The first-order valence-electron chi connectivity index (χ1n) is 10.0. The van der Waals surface area contributed by atoms with Crippen LogP contribution in [0.25, 0.3) is 0 Å². The number of nitrogens with zero attached hydrogens (tertiary/aromatic N) is 1. The van der Waals surface area contributed by atoms with E-state index in [1.54, 1.807) is 18.2 Å². The molecule has 3 rings (SSSR count). The molecule has 0 aliphatic rings. The monoisotopic (exact) mass is 418 g/mol. The third-order valence-electron chi connectivity index (χ3n) is 5.01. The number of benzene rings is 2. The van der Waals surface area contributed by atoms with Crippen molar-refractivity contribution in [1.29, 1.82) is 0 Å². The fraction of sp³-hybridized carbons (Fsp3) is 0.240. The lowest BCUT2D eigenvalue weighted by Crippen LogP contribution is -2.43. The van der Waals surface area contributed by atoms with E-state index in [2.05, 4.69) is 10.3 Å². The van der Waals surface area contributed by atoms with E-state index in [9.17, 15) is 9.59 Å². The maximum absolute atomic E-state index is 12.5. The molecule has 1 heterocycles. The van der Waals surface area contributed by atoms with Crippen molar-refractivity contribution in [1.82, 2.24) is 10.3 Å². The van der Waals surface area contributed by atoms with Crippen LogP contribution in [0.3, 0.4) is 0 Å². The van der Waals surface area contributed by atoms with Gasteiger partial charge >= 0.3 is 5.97 Å². The van der Waals surface area contributed by atoms with Gasteiger partial charge in [0.2, 0.25) is 0 Å². The number of carbonyl (C=O) groups excluding carboxylic acids is 2. The number of hydrogen-bond donors (Lipinski definition) is 1. The quantitative estimate of drug-likeness (QED) is 0.563. The van der Waals surface area contributed by atoms with Crippen LogP contribution < -0.4 is 10.1 Å². The number of aryl methyl sites for hydroxylation is 2. The molecular weight excluding hydrogens is 392 g/mol. The molecule has 0 aliphatic heterocycles. The average molecular weight is 418 g/mol. The Labute approximate surface area is 182 Å². The second kappa shape index (κ2) is 10.4. The minimum Gasteiger partial charge on any atom is -0.489 e. The van der Waals surface area contributed by atoms with Crippen LogP contribution in [0.4, 0.5) is 0 Å². The van der Waals surface area contributed by atoms with Crippen LogP contribution in [0.2, 0.25) is 0 Å². The first kappa shape index (κ1) is 22.0. The fourth-order valence-electron chi connectivity index (χ4n) is 3.37. The minimum atomic E-state index is -0.826. The van der Waals surface area contributed by atoms with Gasteiger partial charge in [-0.05, 0) is 60.4 Å². The maximum Gasteiger partial charge on any atom is 0.328 e. The van der Waals surface area contributed by atoms with Gasteiger partial charge in [0.15, 0.2) is 0 Å². The molecule has 0 unspecified atom stereocenters. The van der Waals surface area contributed by atoms with Gasteiger partial charge in [-0.15, -0.1) is 0 Å². The highest BCUT2D eigenvalue weighted by Crippen LogP contribution is 2.24. The van der Waals surface area contributed by atoms with E-state index >= 15 is 0 Å². The number of aromatic nitrogens is 1. The highest BCUT2D eigenvalue weighted by Gasteiger charge is 2.24. The van der Waals surface area contributed by atoms with E-state index in [0.29, 0.717) is 13.0 Å². The van der Waals surface area contributed by atoms with Gasteiger partial charge in [-0.2, -0.15) is 0 Å². The number of ether oxygens (including phenoxy) is 2. The van der Waals surface area contributed by atoms with Crippen molar-refractivity contribution >= 4 is 11.9 Å². The minimum absolute atomic E-state index is 0.245. The van der Waals surface area contributed by atoms with Crippen molar-refractivity contribution in [3.8, 4) is 5.75 Å². The Morgan fingerprint density at radius 3 is 2.29 bits per heavy atom. The molecule has 3 aromatic rings. The highest BCUT2D eigenvalue weighted by molar-refractivity contribution is 5.95. The van der Waals surface area contributed by atoms with Crippen molar-refractivity contribution in [2.45, 2.75) is 32.9 Å². The lowest BCUT2D eigenvalue weighted by molar-refractivity contribution is -0.142. The van der Waals surface area contributed by atoms with Gasteiger partial charge in [0, 0.05) is 12.6 Å². The smallest absolute Gasteiger partial charge is 0.328 e. The molecule has 0 radical (unpaired) electrons. The summed E-state index contributed by atoms with van der Waals surface area (Å²) in [5.74, 6) is -0.170. The summed E-state index contributed by atoms with van der Waals surface area (Å²) in [7, 11) is 1.31. The number of hydrogen-bond acceptors (Lipinski definition) is 5. The number of carbonyl (C=O) groups is 2. The first-order chi connectivity index (χ1) is 15.0. The van der Waals surface area contributed by atoms with Gasteiger partial charge in [0.05, 0.1) is 7.11 Å². The molecule has 6 heteroatoms. The first-order valence-corrected chi connectivity index (χ1v) is 10.0. The highest BCUT2D eigenvalue weighted by atomic mass is 16.5. The second-order valence-electron chi connectivity index (χ2n) is 7.28. The lowest BCUT2D eigenvalue weighted by Gasteiger charge is -2.20. The Balaban J connectivity index is 1.74. The van der Waals surface area contributed by atoms with Crippen LogP contribution in [-0.4, -0.2) is 30.0 Å². The molecular formula is C25H26N2O4. The summed E-state index contributed by atoms with van der Waals surface area (Å²) in [4.78, 5) is 28.9. The van der Waals surface area contributed by atoms with Crippen LogP contribution in [0.5, 0.6) is 5.75 Å². The molecule has 0 saturated carbocycles. The van der Waals surface area contributed by atoms with E-state index in [1.165, 1.54) is 13.3 Å². The van der Waals surface area contributed by atoms with Crippen molar-refractivity contribution in [3.05, 3.63) is 94.8 Å². The largest absolute Gasteiger partial charge is 0.489 e. The van der Waals surface area contributed by atoms with Crippen LogP contribution in [0.1, 0.15) is 32.7 Å². The summed E-state index contributed by atoms with van der Waals surface area (Å²) in [5.41, 5.74) is 4.25. The maximum atomic E-state index is 12.5. The van der Waals surface area contributed by atoms with Crippen LogP contribution in [-0.2, 0) is 22.6 Å². The van der Waals surface area contributed by atoms with Crippen molar-refractivity contribution in [2.75, 3.05) is 7.11 Å². The van der Waals surface area contributed by atoms with E-state index in [-0.39, 0.29) is 5.69 Å². The summed E-state index contributed by atoms with van der Waals surface area (Å²) in [6.07, 6.45) is 1.84. The van der Waals surface area contributed by atoms with Crippen molar-refractivity contribution < 1.29 is 19.1 Å². The summed E-state index contributed by atoms with van der Waals surface area (Å²) in [6.45, 7) is 4.41. The molecule has 6 nitrogen and oxygen atoms in total. The number of rotatable bonds is 8. The summed E-state index contributed by atoms with van der Waals surface area (Å²) < 4.78 is 10.8. The van der Waals surface area contributed by atoms with Gasteiger partial charge in [-0.1, -0.05) is 36.4 Å². The Kier molecular flexibility index (Phi) is 7.38. The Morgan fingerprint density at radius 1 is 1.00 bits per heavy atom. The zero-order valence-corrected chi connectivity index (χ0v) is 17.9. The molecule has 0 saturated heterocycles. The molecule has 31 heavy (non-hydrogen) atoms. The van der Waals surface area contributed by atoms with Crippen molar-refractivity contribution in [2.24, 2.45) is 0 Å². The summed E-state index contributed by atoms with van der Waals surface area (Å²) in [6, 6.07) is 18.1. The molecule has 160 valence electrons. The van der Waals surface area contributed by atoms with Gasteiger partial charge in [-0.25, -0.2) is 4.79 Å².